The van der Waals surface area contributed by atoms with E-state index in [-0.39, 0.29) is 32.1 Å². The Labute approximate surface area is 94.2 Å². The van der Waals surface area contributed by atoms with E-state index in [1.54, 1.807) is 6.92 Å². The molecular weight excluding hydrogens is 234 g/mol. The molecule has 0 unspecified atom stereocenters. The molecule has 2 atom stereocenters. The van der Waals surface area contributed by atoms with Gasteiger partial charge in [0.2, 0.25) is 0 Å². The van der Waals surface area contributed by atoms with Crippen LogP contribution in [-0.4, -0.2) is 57.3 Å². The molecule has 16 heavy (non-hydrogen) atoms. The van der Waals surface area contributed by atoms with E-state index in [0.29, 0.717) is 0 Å². The van der Waals surface area contributed by atoms with E-state index in [9.17, 15) is 13.2 Å². The largest absolute Gasteiger partial charge is 0.464 e. The first-order chi connectivity index (χ1) is 7.53. The van der Waals surface area contributed by atoms with Crippen molar-refractivity contribution in [3.63, 3.8) is 0 Å². The summed E-state index contributed by atoms with van der Waals surface area (Å²) < 4.78 is 34.0. The first-order valence-corrected chi connectivity index (χ1v) is 6.98. The van der Waals surface area contributed by atoms with Crippen molar-refractivity contribution >= 4 is 15.8 Å². The average molecular weight is 249 g/mol. The van der Waals surface area contributed by atoms with Crippen LogP contribution in [0.2, 0.25) is 0 Å². The highest BCUT2D eigenvalue weighted by atomic mass is 32.2. The molecule has 0 aromatic heterocycles. The number of sulfone groups is 1. The predicted octanol–water partition coefficient (Wildman–Crippen LogP) is -1.29. The van der Waals surface area contributed by atoms with E-state index in [0.717, 1.165) is 0 Å². The molecule has 1 N–H and O–H groups in total. The molecule has 2 fully saturated rings. The van der Waals surface area contributed by atoms with Crippen molar-refractivity contribution in [2.45, 2.75) is 17.8 Å². The van der Waals surface area contributed by atoms with E-state index < -0.39 is 26.7 Å². The summed E-state index contributed by atoms with van der Waals surface area (Å²) in [6.45, 7) is 2.41. The van der Waals surface area contributed by atoms with Gasteiger partial charge in [-0.25, -0.2) is 13.2 Å². The van der Waals surface area contributed by atoms with Crippen LogP contribution in [0.4, 0.5) is 0 Å². The molecular formula is C9H15NO5S. The van der Waals surface area contributed by atoms with Crippen molar-refractivity contribution in [3.05, 3.63) is 0 Å². The van der Waals surface area contributed by atoms with E-state index in [4.69, 9.17) is 9.47 Å². The Bertz CT molecular complexity index is 393. The molecule has 2 aliphatic rings. The van der Waals surface area contributed by atoms with Gasteiger partial charge in [0.05, 0.1) is 19.0 Å². The minimum absolute atomic E-state index is 0.0273. The number of hydrogen-bond donors (Lipinski definition) is 1. The van der Waals surface area contributed by atoms with Gasteiger partial charge >= 0.3 is 5.97 Å². The van der Waals surface area contributed by atoms with Gasteiger partial charge in [-0.1, -0.05) is 0 Å². The lowest BCUT2D eigenvalue weighted by atomic mass is 10.0. The third-order valence-corrected chi connectivity index (χ3v) is 5.17. The van der Waals surface area contributed by atoms with Crippen LogP contribution in [0.25, 0.3) is 0 Å². The quantitative estimate of drug-likeness (QED) is 0.613. The number of esters is 1. The Hall–Kier alpha value is -0.660. The Morgan fingerprint density at radius 1 is 1.62 bits per heavy atom. The maximum absolute atomic E-state index is 11.8. The Morgan fingerprint density at radius 3 is 3.06 bits per heavy atom. The molecule has 0 aromatic carbocycles. The van der Waals surface area contributed by atoms with Gasteiger partial charge < -0.3 is 14.8 Å². The van der Waals surface area contributed by atoms with Gasteiger partial charge in [-0.3, -0.25) is 0 Å². The number of rotatable bonds is 2. The fourth-order valence-electron chi connectivity index (χ4n) is 2.23. The molecule has 7 heteroatoms. The summed E-state index contributed by atoms with van der Waals surface area (Å²) in [6, 6.07) is 0. The summed E-state index contributed by atoms with van der Waals surface area (Å²) in [5.74, 6) is -0.603. The van der Waals surface area contributed by atoms with Crippen LogP contribution in [0.1, 0.15) is 6.92 Å². The van der Waals surface area contributed by atoms with Crippen LogP contribution < -0.4 is 5.32 Å². The molecule has 2 heterocycles. The summed E-state index contributed by atoms with van der Waals surface area (Å²) in [6.07, 6.45) is 0. The number of ether oxygens (including phenoxy) is 2. The molecule has 0 radical (unpaired) electrons. The molecule has 2 rings (SSSR count). The Kier molecular flexibility index (Phi) is 2.93. The van der Waals surface area contributed by atoms with Gasteiger partial charge in [0.25, 0.3) is 0 Å². The highest BCUT2D eigenvalue weighted by Gasteiger charge is 2.59. The zero-order chi connectivity index (χ0) is 11.8. The second kappa shape index (κ2) is 3.97. The molecule has 0 aliphatic carbocycles. The summed E-state index contributed by atoms with van der Waals surface area (Å²) in [4.78, 5) is 11.8. The third-order valence-electron chi connectivity index (χ3n) is 3.02. The minimum atomic E-state index is -3.27. The maximum Gasteiger partial charge on any atom is 0.341 e. The van der Waals surface area contributed by atoms with Crippen LogP contribution in [0.15, 0.2) is 0 Å². The smallest absolute Gasteiger partial charge is 0.341 e. The van der Waals surface area contributed by atoms with Crippen molar-refractivity contribution in [3.8, 4) is 0 Å². The van der Waals surface area contributed by atoms with Crippen molar-refractivity contribution in [1.29, 1.82) is 0 Å². The van der Waals surface area contributed by atoms with Crippen LogP contribution in [0.3, 0.4) is 0 Å². The van der Waals surface area contributed by atoms with Gasteiger partial charge in [0.15, 0.2) is 15.4 Å². The molecule has 2 saturated heterocycles. The molecule has 0 amide bonds. The predicted molar refractivity (Wildman–Crippen MR) is 55.8 cm³/mol. The monoisotopic (exact) mass is 249 g/mol. The number of carbonyl (C=O) groups is 1. The van der Waals surface area contributed by atoms with Gasteiger partial charge in [-0.15, -0.1) is 0 Å². The lowest BCUT2D eigenvalue weighted by Crippen LogP contribution is -2.59. The third kappa shape index (κ3) is 1.63. The molecule has 0 spiro atoms. The normalized spacial score (nSPS) is 36.7. The van der Waals surface area contributed by atoms with E-state index >= 15 is 0 Å². The Balaban J connectivity index is 2.34. The summed E-state index contributed by atoms with van der Waals surface area (Å²) in [5, 5.41) is 2.08. The second-order valence-corrected chi connectivity index (χ2v) is 6.25. The first kappa shape index (κ1) is 11.8. The van der Waals surface area contributed by atoms with Gasteiger partial charge in [0.1, 0.15) is 5.25 Å². The zero-order valence-electron chi connectivity index (χ0n) is 9.06. The van der Waals surface area contributed by atoms with E-state index in [1.807, 2.05) is 0 Å². The van der Waals surface area contributed by atoms with Gasteiger partial charge in [-0.05, 0) is 6.92 Å². The Morgan fingerprint density at radius 2 is 2.38 bits per heavy atom. The van der Waals surface area contributed by atoms with E-state index in [1.165, 1.54) is 0 Å². The SMILES string of the molecule is CCOC(=O)[C@]12CNC[C@H]1S(=O)(=O)CCO2. The highest BCUT2D eigenvalue weighted by molar-refractivity contribution is 7.92. The fourth-order valence-corrected chi connectivity index (χ4v) is 4.03. The summed E-state index contributed by atoms with van der Waals surface area (Å²) >= 11 is 0. The minimum Gasteiger partial charge on any atom is -0.464 e. The van der Waals surface area contributed by atoms with Crippen molar-refractivity contribution in [2.24, 2.45) is 0 Å². The summed E-state index contributed by atoms with van der Waals surface area (Å²) in [5.41, 5.74) is -1.33. The van der Waals surface area contributed by atoms with Crippen LogP contribution in [0, 0.1) is 0 Å². The molecule has 92 valence electrons. The maximum atomic E-state index is 11.8. The first-order valence-electron chi connectivity index (χ1n) is 5.26. The van der Waals surface area contributed by atoms with Crippen LogP contribution in [-0.2, 0) is 24.1 Å². The van der Waals surface area contributed by atoms with Crippen LogP contribution >= 0.6 is 0 Å². The zero-order valence-corrected chi connectivity index (χ0v) is 9.88. The molecule has 2 aliphatic heterocycles. The van der Waals surface area contributed by atoms with Gasteiger partial charge in [-0.2, -0.15) is 0 Å². The number of nitrogens with one attached hydrogen (secondary N) is 1. The van der Waals surface area contributed by atoms with E-state index in [2.05, 4.69) is 5.32 Å². The van der Waals surface area contributed by atoms with Crippen LogP contribution in [0.5, 0.6) is 0 Å². The molecule has 6 nitrogen and oxygen atoms in total. The highest BCUT2D eigenvalue weighted by Crippen LogP contribution is 2.31. The molecule has 0 aromatic rings. The average Bonchev–Trinajstić information content (AvgIpc) is 2.64. The number of fused-ring (bicyclic) bond motifs is 1. The van der Waals surface area contributed by atoms with Gasteiger partial charge in [0, 0.05) is 13.1 Å². The van der Waals surface area contributed by atoms with Crippen molar-refractivity contribution in [1.82, 2.24) is 5.32 Å². The second-order valence-electron chi connectivity index (χ2n) is 3.94. The molecule has 0 bridgehead atoms. The lowest BCUT2D eigenvalue weighted by Gasteiger charge is -2.35. The van der Waals surface area contributed by atoms with Crippen molar-refractivity contribution < 1.29 is 22.7 Å². The lowest BCUT2D eigenvalue weighted by molar-refractivity contribution is -0.169. The summed E-state index contributed by atoms with van der Waals surface area (Å²) in [7, 11) is -3.27. The standard InChI is InChI=1S/C9H15NO5S/c1-2-14-8(11)9-6-10-5-7(9)16(12,13)4-3-15-9/h7,10H,2-6H2,1H3/t7-,9+/m1/s1. The molecule has 0 saturated carbocycles. The number of carbonyl (C=O) groups excluding carboxylic acids is 1. The van der Waals surface area contributed by atoms with Crippen molar-refractivity contribution in [2.75, 3.05) is 32.1 Å². The number of hydrogen-bond acceptors (Lipinski definition) is 6. The topological polar surface area (TPSA) is 81.7 Å². The fraction of sp³-hybridized carbons (Fsp3) is 0.889.